The number of hydrogen-bond donors (Lipinski definition) is 2. The van der Waals surface area contributed by atoms with Gasteiger partial charge in [0, 0.05) is 18.5 Å². The fourth-order valence-electron chi connectivity index (χ4n) is 5.29. The number of carboxylic acid groups (broad SMARTS) is 1. The van der Waals surface area contributed by atoms with Gasteiger partial charge >= 0.3 is 12.1 Å². The van der Waals surface area contributed by atoms with E-state index in [9.17, 15) is 19.5 Å². The molecule has 2 aliphatic carbocycles. The first kappa shape index (κ1) is 23.8. The number of amides is 2. The number of carbonyl (C=O) groups is 3. The molecule has 0 aromatic heterocycles. The van der Waals surface area contributed by atoms with Crippen LogP contribution in [-0.2, 0) is 14.3 Å². The first-order chi connectivity index (χ1) is 16.3. The Bertz CT molecular complexity index is 1020. The van der Waals surface area contributed by atoms with E-state index >= 15 is 0 Å². The van der Waals surface area contributed by atoms with Crippen LogP contribution in [0.1, 0.15) is 50.2 Å². The van der Waals surface area contributed by atoms with Crippen LogP contribution in [0.3, 0.4) is 0 Å². The molecule has 7 heteroatoms. The van der Waals surface area contributed by atoms with Crippen LogP contribution in [0.15, 0.2) is 48.5 Å². The van der Waals surface area contributed by atoms with E-state index in [2.05, 4.69) is 29.6 Å². The van der Waals surface area contributed by atoms with Crippen molar-refractivity contribution in [2.45, 2.75) is 45.1 Å². The lowest BCUT2D eigenvalue weighted by Crippen LogP contribution is -2.48. The fourth-order valence-corrected chi connectivity index (χ4v) is 5.29. The Labute approximate surface area is 200 Å². The molecule has 0 bridgehead atoms. The molecule has 0 unspecified atom stereocenters. The number of aliphatic carboxylic acids is 1. The summed E-state index contributed by atoms with van der Waals surface area (Å²) in [5.41, 5.74) is 4.61. The quantitative estimate of drug-likeness (QED) is 0.609. The number of benzene rings is 2. The molecule has 2 N–H and O–H groups in total. The summed E-state index contributed by atoms with van der Waals surface area (Å²) < 4.78 is 5.65. The number of hydrogen-bond acceptors (Lipinski definition) is 4. The van der Waals surface area contributed by atoms with Crippen molar-refractivity contribution in [3.63, 3.8) is 0 Å². The molecule has 1 saturated carbocycles. The van der Waals surface area contributed by atoms with Gasteiger partial charge in [-0.2, -0.15) is 0 Å². The molecule has 2 amide bonds. The maximum atomic E-state index is 13.1. The van der Waals surface area contributed by atoms with Crippen molar-refractivity contribution >= 4 is 18.0 Å². The average Bonchev–Trinajstić information content (AvgIpc) is 3.38. The highest BCUT2D eigenvalue weighted by atomic mass is 16.5. The summed E-state index contributed by atoms with van der Waals surface area (Å²) >= 11 is 0. The number of alkyl carbamates (subject to hydrolysis) is 1. The Morgan fingerprint density at radius 1 is 1.03 bits per heavy atom. The number of nitrogens with zero attached hydrogens (tertiary/aromatic N) is 1. The van der Waals surface area contributed by atoms with Crippen LogP contribution in [-0.4, -0.2) is 53.7 Å². The molecule has 0 saturated heterocycles. The third kappa shape index (κ3) is 5.08. The van der Waals surface area contributed by atoms with Crippen molar-refractivity contribution in [1.29, 1.82) is 0 Å². The van der Waals surface area contributed by atoms with Crippen molar-refractivity contribution in [1.82, 2.24) is 10.2 Å². The van der Waals surface area contributed by atoms with Crippen molar-refractivity contribution in [2.75, 3.05) is 19.7 Å². The summed E-state index contributed by atoms with van der Waals surface area (Å²) in [4.78, 5) is 38.5. The highest BCUT2D eigenvalue weighted by molar-refractivity contribution is 5.84. The molecule has 180 valence electrons. The van der Waals surface area contributed by atoms with E-state index in [0.717, 1.165) is 28.7 Å². The predicted octanol–water partition coefficient (Wildman–Crippen LogP) is 4.26. The molecule has 2 aliphatic rings. The largest absolute Gasteiger partial charge is 0.480 e. The van der Waals surface area contributed by atoms with Crippen molar-refractivity contribution < 1.29 is 24.2 Å². The minimum atomic E-state index is -1.03. The summed E-state index contributed by atoms with van der Waals surface area (Å²) in [6.07, 6.45) is 1.55. The average molecular weight is 465 g/mol. The van der Waals surface area contributed by atoms with E-state index in [1.165, 1.54) is 4.90 Å². The monoisotopic (exact) mass is 464 g/mol. The maximum absolute atomic E-state index is 13.1. The molecular weight excluding hydrogens is 432 g/mol. The van der Waals surface area contributed by atoms with Gasteiger partial charge in [-0.15, -0.1) is 0 Å². The fraction of sp³-hybridized carbons (Fsp3) is 0.444. The summed E-state index contributed by atoms with van der Waals surface area (Å²) in [7, 11) is 0. The second-order valence-corrected chi connectivity index (χ2v) is 9.62. The van der Waals surface area contributed by atoms with Gasteiger partial charge in [0.05, 0.1) is 5.92 Å². The van der Waals surface area contributed by atoms with E-state index in [0.29, 0.717) is 19.4 Å². The molecule has 0 aliphatic heterocycles. The summed E-state index contributed by atoms with van der Waals surface area (Å²) in [5, 5.41) is 12.1. The maximum Gasteiger partial charge on any atom is 0.407 e. The zero-order chi connectivity index (χ0) is 24.2. The minimum absolute atomic E-state index is 0.0312. The van der Waals surface area contributed by atoms with E-state index in [-0.39, 0.29) is 36.9 Å². The van der Waals surface area contributed by atoms with Gasteiger partial charge < -0.3 is 20.1 Å². The topological polar surface area (TPSA) is 95.9 Å². The van der Waals surface area contributed by atoms with Gasteiger partial charge in [-0.05, 0) is 41.0 Å². The Kier molecular flexibility index (Phi) is 7.20. The number of ether oxygens (including phenoxy) is 1. The zero-order valence-electron chi connectivity index (χ0n) is 19.7. The summed E-state index contributed by atoms with van der Waals surface area (Å²) in [6, 6.07) is 16.0. The Hall–Kier alpha value is -3.35. The summed E-state index contributed by atoms with van der Waals surface area (Å²) in [6.45, 7) is 4.15. The normalized spacial score (nSPS) is 18.9. The summed E-state index contributed by atoms with van der Waals surface area (Å²) in [5.74, 6) is -1.56. The number of carboxylic acids is 1. The molecule has 34 heavy (non-hydrogen) atoms. The van der Waals surface area contributed by atoms with Crippen LogP contribution < -0.4 is 5.32 Å². The molecule has 0 heterocycles. The van der Waals surface area contributed by atoms with Gasteiger partial charge in [0.15, 0.2) is 0 Å². The van der Waals surface area contributed by atoms with Gasteiger partial charge in [0.25, 0.3) is 0 Å². The van der Waals surface area contributed by atoms with E-state index < -0.39 is 18.0 Å². The molecule has 2 atom stereocenters. The van der Waals surface area contributed by atoms with Gasteiger partial charge in [-0.25, -0.2) is 4.79 Å². The van der Waals surface area contributed by atoms with Crippen molar-refractivity contribution in [3.05, 3.63) is 59.7 Å². The predicted molar refractivity (Wildman–Crippen MR) is 128 cm³/mol. The SMILES string of the molecule is CC(C)CN(CC(=O)O)C(=O)[C@H]1CCC[C@H]1NC(=O)OCC1c2ccccc2-c2ccccc21. The third-order valence-corrected chi connectivity index (χ3v) is 6.70. The molecule has 2 aromatic rings. The van der Waals surface area contributed by atoms with Crippen LogP contribution in [0, 0.1) is 11.8 Å². The Morgan fingerprint density at radius 3 is 2.24 bits per heavy atom. The molecule has 2 aromatic carbocycles. The van der Waals surface area contributed by atoms with Crippen LogP contribution in [0.4, 0.5) is 4.79 Å². The van der Waals surface area contributed by atoms with Gasteiger partial charge in [-0.1, -0.05) is 68.8 Å². The highest BCUT2D eigenvalue weighted by Crippen LogP contribution is 2.44. The van der Waals surface area contributed by atoms with Crippen LogP contribution in [0.5, 0.6) is 0 Å². The van der Waals surface area contributed by atoms with Gasteiger partial charge in [-0.3, -0.25) is 9.59 Å². The molecule has 0 radical (unpaired) electrons. The van der Waals surface area contributed by atoms with Gasteiger partial charge in [0.2, 0.25) is 5.91 Å². The highest BCUT2D eigenvalue weighted by Gasteiger charge is 2.38. The number of rotatable bonds is 8. The first-order valence-electron chi connectivity index (χ1n) is 12.0. The lowest BCUT2D eigenvalue weighted by molar-refractivity contribution is -0.147. The molecule has 4 rings (SSSR count). The van der Waals surface area contributed by atoms with Crippen LogP contribution in [0.25, 0.3) is 11.1 Å². The van der Waals surface area contributed by atoms with Crippen LogP contribution in [0.2, 0.25) is 0 Å². The number of fused-ring (bicyclic) bond motifs is 3. The standard InChI is InChI=1S/C27H32N2O5/c1-17(2)14-29(15-25(30)31)26(32)22-12-7-13-24(22)28-27(33)34-16-23-20-10-5-3-8-18(20)19-9-4-6-11-21(19)23/h3-6,8-11,17,22-24H,7,12-16H2,1-2H3,(H,28,33)(H,30,31)/t22-,24+/m0/s1. The van der Waals surface area contributed by atoms with Crippen LogP contribution >= 0.6 is 0 Å². The number of carbonyl (C=O) groups excluding carboxylic acids is 2. The lowest BCUT2D eigenvalue weighted by atomic mass is 9.98. The molecular formula is C27H32N2O5. The molecule has 0 spiro atoms. The Balaban J connectivity index is 1.39. The van der Waals surface area contributed by atoms with Crippen molar-refractivity contribution in [2.24, 2.45) is 11.8 Å². The second-order valence-electron chi connectivity index (χ2n) is 9.62. The van der Waals surface area contributed by atoms with Crippen molar-refractivity contribution in [3.8, 4) is 11.1 Å². The molecule has 7 nitrogen and oxygen atoms in total. The lowest BCUT2D eigenvalue weighted by Gasteiger charge is -2.28. The second kappa shape index (κ2) is 10.3. The zero-order valence-corrected chi connectivity index (χ0v) is 19.7. The van der Waals surface area contributed by atoms with E-state index in [1.54, 1.807) is 0 Å². The third-order valence-electron chi connectivity index (χ3n) is 6.70. The van der Waals surface area contributed by atoms with E-state index in [4.69, 9.17) is 4.74 Å². The first-order valence-corrected chi connectivity index (χ1v) is 12.0. The smallest absolute Gasteiger partial charge is 0.407 e. The molecule has 1 fully saturated rings. The Morgan fingerprint density at radius 2 is 1.65 bits per heavy atom. The van der Waals surface area contributed by atoms with Gasteiger partial charge in [0.1, 0.15) is 13.2 Å². The minimum Gasteiger partial charge on any atom is -0.480 e. The van der Waals surface area contributed by atoms with E-state index in [1.807, 2.05) is 38.1 Å². The number of nitrogens with one attached hydrogen (secondary N) is 1.